The zero-order valence-electron chi connectivity index (χ0n) is 11.3. The molecule has 0 spiro atoms. The number of nitrogens with zero attached hydrogens (tertiary/aromatic N) is 1. The summed E-state index contributed by atoms with van der Waals surface area (Å²) in [6.45, 7) is 3.98. The molecule has 1 N–H and O–H groups in total. The number of halogens is 1. The Morgan fingerprint density at radius 3 is 2.60 bits per heavy atom. The Labute approximate surface area is 122 Å². The number of hydrogen-bond acceptors (Lipinski definition) is 3. The summed E-state index contributed by atoms with van der Waals surface area (Å²) < 4.78 is 0. The molecular weight excluding hydrogens is 276 g/mol. The minimum Gasteiger partial charge on any atom is -0.373 e. The van der Waals surface area contributed by atoms with Crippen LogP contribution in [0.15, 0.2) is 42.5 Å². The highest BCUT2D eigenvalue weighted by Gasteiger charge is 2.17. The minimum atomic E-state index is -0.413. The standard InChI is InChI=1S/C15H15ClN2O2/c1-10-5-3-4-6-13(10)11(2)17-14-9-12(16)7-8-15(14)18(19)20/h3-9,11,17H,1-2H3. The van der Waals surface area contributed by atoms with Crippen molar-refractivity contribution in [1.82, 2.24) is 0 Å². The van der Waals surface area contributed by atoms with Crippen LogP contribution in [0.3, 0.4) is 0 Å². The molecule has 2 rings (SSSR count). The summed E-state index contributed by atoms with van der Waals surface area (Å²) >= 11 is 5.92. The third kappa shape index (κ3) is 3.08. The monoisotopic (exact) mass is 290 g/mol. The van der Waals surface area contributed by atoms with Crippen molar-refractivity contribution in [2.24, 2.45) is 0 Å². The first-order chi connectivity index (χ1) is 9.49. The maximum absolute atomic E-state index is 11.0. The summed E-state index contributed by atoms with van der Waals surface area (Å²) in [7, 11) is 0. The Balaban J connectivity index is 2.32. The van der Waals surface area contributed by atoms with E-state index >= 15 is 0 Å². The van der Waals surface area contributed by atoms with Gasteiger partial charge in [0.15, 0.2) is 0 Å². The van der Waals surface area contributed by atoms with Gasteiger partial charge in [0.05, 0.1) is 4.92 Å². The molecule has 0 bridgehead atoms. The van der Waals surface area contributed by atoms with Crippen LogP contribution in [-0.4, -0.2) is 4.92 Å². The molecule has 1 unspecified atom stereocenters. The number of benzene rings is 2. The highest BCUT2D eigenvalue weighted by Crippen LogP contribution is 2.31. The summed E-state index contributed by atoms with van der Waals surface area (Å²) in [5.74, 6) is 0. The van der Waals surface area contributed by atoms with Crippen molar-refractivity contribution in [3.63, 3.8) is 0 Å². The highest BCUT2D eigenvalue weighted by molar-refractivity contribution is 6.31. The van der Waals surface area contributed by atoms with Gasteiger partial charge in [-0.15, -0.1) is 0 Å². The Morgan fingerprint density at radius 2 is 1.95 bits per heavy atom. The van der Waals surface area contributed by atoms with Gasteiger partial charge in [-0.2, -0.15) is 0 Å². The second kappa shape index (κ2) is 5.92. The van der Waals surface area contributed by atoms with E-state index < -0.39 is 4.92 Å². The van der Waals surface area contributed by atoms with Crippen LogP contribution in [0.2, 0.25) is 5.02 Å². The van der Waals surface area contributed by atoms with Gasteiger partial charge in [0.2, 0.25) is 0 Å². The van der Waals surface area contributed by atoms with Crippen molar-refractivity contribution in [1.29, 1.82) is 0 Å². The van der Waals surface area contributed by atoms with Crippen LogP contribution in [0.4, 0.5) is 11.4 Å². The van der Waals surface area contributed by atoms with Crippen LogP contribution < -0.4 is 5.32 Å². The molecule has 104 valence electrons. The molecule has 20 heavy (non-hydrogen) atoms. The van der Waals surface area contributed by atoms with Crippen LogP contribution in [-0.2, 0) is 0 Å². The average molecular weight is 291 g/mol. The third-order valence-corrected chi connectivity index (χ3v) is 3.42. The molecule has 0 heterocycles. The number of anilines is 1. The second-order valence-electron chi connectivity index (χ2n) is 4.64. The van der Waals surface area contributed by atoms with Gasteiger partial charge in [-0.3, -0.25) is 10.1 Å². The van der Waals surface area contributed by atoms with Crippen molar-refractivity contribution in [2.75, 3.05) is 5.32 Å². The van der Waals surface area contributed by atoms with Gasteiger partial charge in [-0.1, -0.05) is 35.9 Å². The minimum absolute atomic E-state index is 0.0230. The molecule has 0 radical (unpaired) electrons. The van der Waals surface area contributed by atoms with Crippen LogP contribution in [0.5, 0.6) is 0 Å². The normalized spacial score (nSPS) is 11.9. The molecule has 4 nitrogen and oxygen atoms in total. The lowest BCUT2D eigenvalue weighted by Gasteiger charge is -2.17. The number of rotatable bonds is 4. The van der Waals surface area contributed by atoms with Gasteiger partial charge in [0.25, 0.3) is 5.69 Å². The molecule has 0 aromatic heterocycles. The number of aryl methyl sites for hydroxylation is 1. The molecule has 2 aromatic carbocycles. The molecule has 0 aliphatic carbocycles. The van der Waals surface area contributed by atoms with Crippen LogP contribution in [0.1, 0.15) is 24.1 Å². The fourth-order valence-electron chi connectivity index (χ4n) is 2.17. The quantitative estimate of drug-likeness (QED) is 0.654. The van der Waals surface area contributed by atoms with Gasteiger partial charge >= 0.3 is 0 Å². The molecule has 0 saturated heterocycles. The van der Waals surface area contributed by atoms with E-state index in [4.69, 9.17) is 11.6 Å². The van der Waals surface area contributed by atoms with Gasteiger partial charge in [-0.05, 0) is 37.1 Å². The highest BCUT2D eigenvalue weighted by atomic mass is 35.5. The van der Waals surface area contributed by atoms with Crippen LogP contribution in [0, 0.1) is 17.0 Å². The Kier molecular flexibility index (Phi) is 4.25. The molecule has 5 heteroatoms. The molecule has 0 fully saturated rings. The molecule has 0 saturated carbocycles. The summed E-state index contributed by atoms with van der Waals surface area (Å²) in [6, 6.07) is 12.4. The Bertz CT molecular complexity index is 644. The number of nitro groups is 1. The first kappa shape index (κ1) is 14.3. The maximum atomic E-state index is 11.0. The number of hydrogen-bond donors (Lipinski definition) is 1. The molecule has 1 atom stereocenters. The lowest BCUT2D eigenvalue weighted by atomic mass is 10.0. The van der Waals surface area contributed by atoms with Gasteiger partial charge < -0.3 is 5.32 Å². The van der Waals surface area contributed by atoms with E-state index in [2.05, 4.69) is 5.32 Å². The number of nitrogens with one attached hydrogen (secondary N) is 1. The van der Waals surface area contributed by atoms with Crippen molar-refractivity contribution in [3.8, 4) is 0 Å². The van der Waals surface area contributed by atoms with E-state index in [1.807, 2.05) is 38.1 Å². The first-order valence-corrected chi connectivity index (χ1v) is 6.63. The molecule has 0 amide bonds. The predicted molar refractivity (Wildman–Crippen MR) is 81.3 cm³/mol. The average Bonchev–Trinajstić information content (AvgIpc) is 2.38. The summed E-state index contributed by atoms with van der Waals surface area (Å²) in [5, 5.41) is 14.7. The van der Waals surface area contributed by atoms with E-state index in [1.165, 1.54) is 12.1 Å². The van der Waals surface area contributed by atoms with E-state index in [0.29, 0.717) is 10.7 Å². The van der Waals surface area contributed by atoms with Crippen molar-refractivity contribution in [3.05, 3.63) is 68.7 Å². The molecular formula is C15H15ClN2O2. The SMILES string of the molecule is Cc1ccccc1C(C)Nc1cc(Cl)ccc1[N+](=O)[O-]. The largest absolute Gasteiger partial charge is 0.373 e. The Hall–Kier alpha value is -2.07. The van der Waals surface area contributed by atoms with Gasteiger partial charge in [-0.25, -0.2) is 0 Å². The second-order valence-corrected chi connectivity index (χ2v) is 5.08. The summed E-state index contributed by atoms with van der Waals surface area (Å²) in [6.07, 6.45) is 0. The maximum Gasteiger partial charge on any atom is 0.292 e. The summed E-state index contributed by atoms with van der Waals surface area (Å²) in [5.41, 5.74) is 2.69. The van der Waals surface area contributed by atoms with E-state index in [-0.39, 0.29) is 11.7 Å². The smallest absolute Gasteiger partial charge is 0.292 e. The van der Waals surface area contributed by atoms with Gasteiger partial charge in [0, 0.05) is 17.1 Å². The molecule has 0 aliphatic rings. The lowest BCUT2D eigenvalue weighted by molar-refractivity contribution is -0.384. The zero-order chi connectivity index (χ0) is 14.7. The predicted octanol–water partition coefficient (Wildman–Crippen LogP) is 4.73. The topological polar surface area (TPSA) is 55.2 Å². The fraction of sp³-hybridized carbons (Fsp3) is 0.200. The van der Waals surface area contributed by atoms with Gasteiger partial charge in [0.1, 0.15) is 5.69 Å². The van der Waals surface area contributed by atoms with E-state index in [0.717, 1.165) is 11.1 Å². The van der Waals surface area contributed by atoms with E-state index in [9.17, 15) is 10.1 Å². The summed E-state index contributed by atoms with van der Waals surface area (Å²) in [4.78, 5) is 10.6. The fourth-order valence-corrected chi connectivity index (χ4v) is 2.34. The zero-order valence-corrected chi connectivity index (χ0v) is 12.0. The van der Waals surface area contributed by atoms with E-state index in [1.54, 1.807) is 6.07 Å². The molecule has 0 aliphatic heterocycles. The van der Waals surface area contributed by atoms with Crippen molar-refractivity contribution >= 4 is 23.0 Å². The Morgan fingerprint density at radius 1 is 1.25 bits per heavy atom. The molecule has 2 aromatic rings. The van der Waals surface area contributed by atoms with Crippen LogP contribution in [0.25, 0.3) is 0 Å². The van der Waals surface area contributed by atoms with Crippen LogP contribution >= 0.6 is 11.6 Å². The van der Waals surface area contributed by atoms with Crippen molar-refractivity contribution < 1.29 is 4.92 Å². The first-order valence-electron chi connectivity index (χ1n) is 6.25. The lowest BCUT2D eigenvalue weighted by Crippen LogP contribution is -2.09. The number of nitro benzene ring substituents is 1. The van der Waals surface area contributed by atoms with Crippen molar-refractivity contribution in [2.45, 2.75) is 19.9 Å². The third-order valence-electron chi connectivity index (χ3n) is 3.18.